The zero-order valence-electron chi connectivity index (χ0n) is 13.1. The number of carbonyl (C=O) groups excluding carboxylic acids is 3. The minimum atomic E-state index is -0.348. The zero-order chi connectivity index (χ0) is 16.9. The van der Waals surface area contributed by atoms with Crippen molar-refractivity contribution in [1.29, 1.82) is 0 Å². The van der Waals surface area contributed by atoms with Gasteiger partial charge in [0.2, 0.25) is 0 Å². The van der Waals surface area contributed by atoms with Crippen molar-refractivity contribution in [2.75, 3.05) is 13.2 Å². The van der Waals surface area contributed by atoms with E-state index in [2.05, 4.69) is 5.10 Å². The maximum absolute atomic E-state index is 12.2. The zero-order valence-corrected chi connectivity index (χ0v) is 13.1. The summed E-state index contributed by atoms with van der Waals surface area (Å²) < 4.78 is 6.78. The smallest absolute Gasteiger partial charge is 0.305 e. The summed E-state index contributed by atoms with van der Waals surface area (Å²) in [5, 5.41) is 4.01. The molecule has 2 heterocycles. The number of imide groups is 1. The number of fused-ring (bicyclic) bond motifs is 1. The van der Waals surface area contributed by atoms with Crippen LogP contribution in [0.15, 0.2) is 42.7 Å². The molecule has 0 unspecified atom stereocenters. The van der Waals surface area contributed by atoms with Crippen LogP contribution >= 0.6 is 0 Å². The molecule has 0 N–H and O–H groups in total. The van der Waals surface area contributed by atoms with Crippen LogP contribution in [0, 0.1) is 0 Å². The molecule has 1 aliphatic rings. The fourth-order valence-corrected chi connectivity index (χ4v) is 2.58. The number of carbonyl (C=O) groups is 3. The second kappa shape index (κ2) is 7.08. The molecule has 1 aliphatic heterocycles. The number of esters is 1. The molecule has 0 atom stereocenters. The van der Waals surface area contributed by atoms with E-state index in [4.69, 9.17) is 4.74 Å². The normalized spacial score (nSPS) is 13.2. The van der Waals surface area contributed by atoms with E-state index in [-0.39, 0.29) is 37.4 Å². The Balaban J connectivity index is 1.41. The number of rotatable bonds is 7. The molecular formula is C17H17N3O4. The van der Waals surface area contributed by atoms with Crippen LogP contribution in [0.4, 0.5) is 0 Å². The van der Waals surface area contributed by atoms with Crippen molar-refractivity contribution in [2.45, 2.75) is 19.4 Å². The van der Waals surface area contributed by atoms with Crippen LogP contribution < -0.4 is 0 Å². The van der Waals surface area contributed by atoms with Gasteiger partial charge >= 0.3 is 5.97 Å². The number of ether oxygens (including phenoxy) is 1. The molecule has 124 valence electrons. The summed E-state index contributed by atoms with van der Waals surface area (Å²) in [5.41, 5.74) is 0.841. The number of amides is 2. The molecule has 1 aromatic carbocycles. The Bertz CT molecular complexity index is 720. The first-order chi connectivity index (χ1) is 11.7. The van der Waals surface area contributed by atoms with Crippen molar-refractivity contribution in [3.8, 4) is 0 Å². The van der Waals surface area contributed by atoms with Gasteiger partial charge in [0.1, 0.15) is 6.61 Å². The van der Waals surface area contributed by atoms with Crippen LogP contribution in [0.3, 0.4) is 0 Å². The summed E-state index contributed by atoms with van der Waals surface area (Å²) in [6, 6.07) is 8.52. The van der Waals surface area contributed by atoms with Gasteiger partial charge in [-0.15, -0.1) is 0 Å². The Morgan fingerprint density at radius 3 is 2.38 bits per heavy atom. The van der Waals surface area contributed by atoms with Gasteiger partial charge in [-0.25, -0.2) is 0 Å². The highest BCUT2D eigenvalue weighted by atomic mass is 16.5. The van der Waals surface area contributed by atoms with Crippen LogP contribution in [-0.4, -0.2) is 45.6 Å². The van der Waals surface area contributed by atoms with Crippen LogP contribution in [0.2, 0.25) is 0 Å². The maximum Gasteiger partial charge on any atom is 0.305 e. The van der Waals surface area contributed by atoms with E-state index in [0.29, 0.717) is 24.1 Å². The van der Waals surface area contributed by atoms with E-state index >= 15 is 0 Å². The molecule has 24 heavy (non-hydrogen) atoms. The van der Waals surface area contributed by atoms with E-state index in [1.54, 1.807) is 47.4 Å². The van der Waals surface area contributed by atoms with Gasteiger partial charge in [-0.05, 0) is 24.6 Å². The van der Waals surface area contributed by atoms with Crippen molar-refractivity contribution in [2.24, 2.45) is 0 Å². The minimum absolute atomic E-state index is 0.159. The van der Waals surface area contributed by atoms with E-state index in [1.807, 2.05) is 0 Å². The Labute approximate surface area is 138 Å². The van der Waals surface area contributed by atoms with Gasteiger partial charge in [-0.3, -0.25) is 24.0 Å². The first kappa shape index (κ1) is 15.9. The summed E-state index contributed by atoms with van der Waals surface area (Å²) >= 11 is 0. The molecule has 0 spiro atoms. The molecule has 0 fully saturated rings. The predicted molar refractivity (Wildman–Crippen MR) is 84.2 cm³/mol. The lowest BCUT2D eigenvalue weighted by Gasteiger charge is -2.13. The molecule has 0 radical (unpaired) electrons. The second-order valence-electron chi connectivity index (χ2n) is 5.40. The highest BCUT2D eigenvalue weighted by Crippen LogP contribution is 2.22. The van der Waals surface area contributed by atoms with Gasteiger partial charge in [0.15, 0.2) is 0 Å². The van der Waals surface area contributed by atoms with E-state index in [0.717, 1.165) is 0 Å². The number of nitrogens with zero attached hydrogens (tertiary/aromatic N) is 3. The monoisotopic (exact) mass is 327 g/mol. The van der Waals surface area contributed by atoms with Gasteiger partial charge < -0.3 is 4.74 Å². The molecule has 2 aromatic rings. The van der Waals surface area contributed by atoms with Crippen LogP contribution in [0.1, 0.15) is 33.6 Å². The summed E-state index contributed by atoms with van der Waals surface area (Å²) in [7, 11) is 0. The fourth-order valence-electron chi connectivity index (χ4n) is 2.58. The molecule has 0 saturated heterocycles. The Hall–Kier alpha value is -2.96. The third kappa shape index (κ3) is 3.34. The van der Waals surface area contributed by atoms with E-state index in [1.165, 1.54) is 4.90 Å². The molecule has 0 aliphatic carbocycles. The highest BCUT2D eigenvalue weighted by Gasteiger charge is 2.34. The highest BCUT2D eigenvalue weighted by molar-refractivity contribution is 6.21. The SMILES string of the molecule is O=C(CCCN1C(=O)c2ccccc2C1=O)OCCn1cccn1. The van der Waals surface area contributed by atoms with E-state index < -0.39 is 0 Å². The number of hydrogen-bond donors (Lipinski definition) is 0. The average Bonchev–Trinajstić information content (AvgIpc) is 3.18. The van der Waals surface area contributed by atoms with Crippen molar-refractivity contribution in [3.63, 3.8) is 0 Å². The predicted octanol–water partition coefficient (Wildman–Crippen LogP) is 1.50. The van der Waals surface area contributed by atoms with Gasteiger partial charge in [-0.2, -0.15) is 5.10 Å². The van der Waals surface area contributed by atoms with Crippen molar-refractivity contribution in [1.82, 2.24) is 14.7 Å². The lowest BCUT2D eigenvalue weighted by molar-refractivity contribution is -0.144. The summed E-state index contributed by atoms with van der Waals surface area (Å²) in [5.74, 6) is -0.955. The number of aromatic nitrogens is 2. The van der Waals surface area contributed by atoms with E-state index in [9.17, 15) is 14.4 Å². The molecule has 7 heteroatoms. The lowest BCUT2D eigenvalue weighted by Crippen LogP contribution is -2.31. The molecule has 7 nitrogen and oxygen atoms in total. The maximum atomic E-state index is 12.2. The number of hydrogen-bond acceptors (Lipinski definition) is 5. The van der Waals surface area contributed by atoms with Crippen molar-refractivity contribution < 1.29 is 19.1 Å². The van der Waals surface area contributed by atoms with Gasteiger partial charge in [0.05, 0.1) is 17.7 Å². The molecule has 0 saturated carbocycles. The number of benzene rings is 1. The van der Waals surface area contributed by atoms with Crippen LogP contribution in [0.5, 0.6) is 0 Å². The first-order valence-corrected chi connectivity index (χ1v) is 7.75. The quantitative estimate of drug-likeness (QED) is 0.569. The molecule has 0 bridgehead atoms. The minimum Gasteiger partial charge on any atom is -0.464 e. The summed E-state index contributed by atoms with van der Waals surface area (Å²) in [6.45, 7) is 0.950. The molecular weight excluding hydrogens is 310 g/mol. The Morgan fingerprint density at radius 2 is 1.75 bits per heavy atom. The topological polar surface area (TPSA) is 81.5 Å². The lowest BCUT2D eigenvalue weighted by atomic mass is 10.1. The standard InChI is InChI=1S/C17H17N3O4/c21-15(24-12-11-19-9-4-8-18-19)7-3-10-20-16(22)13-5-1-2-6-14(13)17(20)23/h1-2,4-6,8-9H,3,7,10-12H2. The first-order valence-electron chi connectivity index (χ1n) is 7.75. The molecule has 3 rings (SSSR count). The summed E-state index contributed by atoms with van der Waals surface area (Å²) in [6.07, 6.45) is 3.98. The van der Waals surface area contributed by atoms with Crippen LogP contribution in [-0.2, 0) is 16.1 Å². The van der Waals surface area contributed by atoms with Gasteiger partial charge in [0.25, 0.3) is 11.8 Å². The Kier molecular flexibility index (Phi) is 4.69. The van der Waals surface area contributed by atoms with Crippen LogP contribution in [0.25, 0.3) is 0 Å². The third-order valence-electron chi connectivity index (χ3n) is 3.78. The largest absolute Gasteiger partial charge is 0.464 e. The van der Waals surface area contributed by atoms with Crippen molar-refractivity contribution in [3.05, 3.63) is 53.9 Å². The fraction of sp³-hybridized carbons (Fsp3) is 0.294. The van der Waals surface area contributed by atoms with Crippen molar-refractivity contribution >= 4 is 17.8 Å². The van der Waals surface area contributed by atoms with Gasteiger partial charge in [-0.1, -0.05) is 12.1 Å². The molecule has 2 amide bonds. The summed E-state index contributed by atoms with van der Waals surface area (Å²) in [4.78, 5) is 37.2. The Morgan fingerprint density at radius 1 is 1.04 bits per heavy atom. The van der Waals surface area contributed by atoms with Gasteiger partial charge in [0, 0.05) is 25.4 Å². The third-order valence-corrected chi connectivity index (χ3v) is 3.78. The second-order valence-corrected chi connectivity index (χ2v) is 5.40. The molecule has 1 aromatic heterocycles. The average molecular weight is 327 g/mol.